The summed E-state index contributed by atoms with van der Waals surface area (Å²) < 4.78 is 23.6. The monoisotopic (exact) mass is 742 g/mol. The fourth-order valence-electron chi connectivity index (χ4n) is 6.87. The fraction of sp³-hybridized carbons (Fsp3) is 0.361. The lowest BCUT2D eigenvalue weighted by atomic mass is 9.85. The van der Waals surface area contributed by atoms with Crippen LogP contribution in [0.1, 0.15) is 50.0 Å². The Kier molecular flexibility index (Phi) is 10.9. The highest BCUT2D eigenvalue weighted by atomic mass is 35.5. The Morgan fingerprint density at radius 2 is 1.66 bits per heavy atom. The van der Waals surface area contributed by atoms with Crippen LogP contribution in [0.25, 0.3) is 0 Å². The number of pyridine rings is 1. The normalized spacial score (nSPS) is 18.7. The zero-order chi connectivity index (χ0) is 35.5. The molecule has 4 aromatic rings. The molecule has 14 heteroatoms. The Morgan fingerprint density at radius 1 is 0.980 bits per heavy atom. The molecule has 3 aliphatic rings. The Morgan fingerprint density at radius 3 is 2.28 bits per heavy atom. The molecule has 3 aliphatic heterocycles. The number of anilines is 1. The average Bonchev–Trinajstić information content (AvgIpc) is 3.54. The number of piperidine rings is 3. The summed E-state index contributed by atoms with van der Waals surface area (Å²) >= 11 is 14.2. The molecule has 2 atom stereocenters. The lowest BCUT2D eigenvalue weighted by Crippen LogP contribution is -2.53. The van der Waals surface area contributed by atoms with Gasteiger partial charge in [-0.05, 0) is 79.7 Å². The number of carbonyl (C=O) groups is 2. The number of ether oxygens (including phenoxy) is 4. The van der Waals surface area contributed by atoms with E-state index in [4.69, 9.17) is 42.1 Å². The van der Waals surface area contributed by atoms with Crippen LogP contribution in [-0.4, -0.2) is 74.3 Å². The minimum absolute atomic E-state index is 0.0290. The number of aromatic nitrogens is 1. The van der Waals surface area contributed by atoms with Crippen LogP contribution in [0.2, 0.25) is 10.0 Å². The van der Waals surface area contributed by atoms with Crippen LogP contribution in [0.3, 0.4) is 0 Å². The zero-order valence-electron chi connectivity index (χ0n) is 27.8. The van der Waals surface area contributed by atoms with Crippen molar-refractivity contribution in [2.45, 2.75) is 37.8 Å². The maximum atomic E-state index is 14.1. The Labute approximate surface area is 304 Å². The van der Waals surface area contributed by atoms with Gasteiger partial charge >= 0.3 is 12.1 Å². The smallest absolute Gasteiger partial charge is 0.415 e. The van der Waals surface area contributed by atoms with Crippen LogP contribution in [0.15, 0.2) is 60.9 Å². The summed E-state index contributed by atoms with van der Waals surface area (Å²) in [5.41, 5.74) is 2.22. The molecule has 3 saturated heterocycles. The van der Waals surface area contributed by atoms with Crippen molar-refractivity contribution < 1.29 is 43.6 Å². The number of para-hydroxylation sites is 2. The van der Waals surface area contributed by atoms with Crippen LogP contribution in [0.4, 0.5) is 10.5 Å². The first-order valence-corrected chi connectivity index (χ1v) is 17.7. The van der Waals surface area contributed by atoms with E-state index in [1.54, 1.807) is 30.3 Å². The van der Waals surface area contributed by atoms with Gasteiger partial charge in [-0.25, -0.2) is 9.59 Å². The summed E-state index contributed by atoms with van der Waals surface area (Å²) in [7, 11) is 4.59. The van der Waals surface area contributed by atoms with Crippen LogP contribution >= 0.6 is 34.5 Å². The van der Waals surface area contributed by atoms with Gasteiger partial charge in [0.1, 0.15) is 26.8 Å². The van der Waals surface area contributed by atoms with Gasteiger partial charge in [0.2, 0.25) is 12.4 Å². The summed E-state index contributed by atoms with van der Waals surface area (Å²) in [4.78, 5) is 31.5. The highest BCUT2D eigenvalue weighted by Crippen LogP contribution is 2.42. The highest BCUT2D eigenvalue weighted by Gasteiger charge is 2.38. The van der Waals surface area contributed by atoms with E-state index >= 15 is 0 Å². The summed E-state index contributed by atoms with van der Waals surface area (Å²) in [5, 5.41) is 21.0. The number of benzene rings is 2. The summed E-state index contributed by atoms with van der Waals surface area (Å²) in [6.07, 6.45) is 4.01. The molecule has 2 aromatic heterocycles. The third kappa shape index (κ3) is 7.44. The highest BCUT2D eigenvalue weighted by molar-refractivity contribution is 7.14. The molecule has 1 amide bonds. The number of fused-ring (bicyclic) bond motifs is 3. The second-order valence-corrected chi connectivity index (χ2v) is 14.3. The molecule has 7 rings (SSSR count). The van der Waals surface area contributed by atoms with Crippen molar-refractivity contribution in [3.05, 3.63) is 97.4 Å². The van der Waals surface area contributed by atoms with Gasteiger partial charge in [-0.15, -0.1) is 11.3 Å². The van der Waals surface area contributed by atoms with E-state index < -0.39 is 18.0 Å². The third-order valence-electron chi connectivity index (χ3n) is 9.43. The van der Waals surface area contributed by atoms with Crippen LogP contribution in [0.5, 0.6) is 17.2 Å². The van der Waals surface area contributed by atoms with Gasteiger partial charge in [-0.1, -0.05) is 41.4 Å². The Bertz CT molecular complexity index is 1860. The molecule has 0 aliphatic carbocycles. The minimum atomic E-state index is -1.13. The first-order chi connectivity index (χ1) is 24.1. The molecule has 11 nitrogen and oxygen atoms in total. The molecule has 0 unspecified atom stereocenters. The van der Waals surface area contributed by atoms with Crippen LogP contribution in [0, 0.1) is 5.92 Å². The summed E-state index contributed by atoms with van der Waals surface area (Å²) in [6.45, 7) is 2.73. The van der Waals surface area contributed by atoms with E-state index in [1.165, 1.54) is 38.6 Å². The lowest BCUT2D eigenvalue weighted by molar-refractivity contribution is -0.904. The van der Waals surface area contributed by atoms with Crippen molar-refractivity contribution in [1.29, 1.82) is 0 Å². The second-order valence-electron chi connectivity index (χ2n) is 12.3. The number of halogens is 2. The number of carboxylic acid groups (broad SMARTS) is 1. The Hall–Kier alpha value is -4.23. The van der Waals surface area contributed by atoms with E-state index in [0.717, 1.165) is 42.0 Å². The molecule has 264 valence electrons. The average molecular weight is 744 g/mol. The van der Waals surface area contributed by atoms with Crippen molar-refractivity contribution in [1.82, 2.24) is 4.90 Å². The van der Waals surface area contributed by atoms with Gasteiger partial charge in [-0.2, -0.15) is 0 Å². The van der Waals surface area contributed by atoms with Gasteiger partial charge in [0.15, 0.2) is 11.5 Å². The Balaban J connectivity index is 1.42. The standard InChI is InChI=1S/C36H37Cl2N3O8S/c1-46-30-7-5-4-6-29(30)41(36(44)49-33-20-39-12-10-21(33)11-13-39)17-23-15-25(34(50-23)35(42)43)24(16-26-27(37)18-40(45)19-28(26)38)22-8-9-31(47-2)32(14-22)48-3/h4-9,14-15,18-19,21,24,33H,10-13,16-17,20H2,1-3H3,(H-,42,43,45)/p+1/t24-,33-/m0/s1. The number of carboxylic acids is 1. The second kappa shape index (κ2) is 15.3. The summed E-state index contributed by atoms with van der Waals surface area (Å²) in [5.74, 6) is 0.0258. The topological polar surface area (TPSA) is 122 Å². The number of aromatic carboxylic acids is 1. The van der Waals surface area contributed by atoms with Gasteiger partial charge in [0.25, 0.3) is 0 Å². The third-order valence-corrected chi connectivity index (χ3v) is 11.2. The van der Waals surface area contributed by atoms with E-state index in [0.29, 0.717) is 57.0 Å². The maximum absolute atomic E-state index is 14.1. The van der Waals surface area contributed by atoms with Crippen molar-refractivity contribution in [3.8, 4) is 17.2 Å². The molecular weight excluding hydrogens is 705 g/mol. The molecule has 2 bridgehead atoms. The van der Waals surface area contributed by atoms with Crippen molar-refractivity contribution in [3.63, 3.8) is 0 Å². The van der Waals surface area contributed by atoms with E-state index in [1.807, 2.05) is 18.2 Å². The van der Waals surface area contributed by atoms with E-state index in [-0.39, 0.29) is 34.0 Å². The first-order valence-electron chi connectivity index (χ1n) is 16.1. The molecule has 50 heavy (non-hydrogen) atoms. The summed E-state index contributed by atoms with van der Waals surface area (Å²) in [6, 6.07) is 14.3. The lowest BCUT2D eigenvalue weighted by Gasteiger charge is -2.44. The number of methoxy groups -OCH3 is 3. The number of amides is 1. The molecule has 0 radical (unpaired) electrons. The van der Waals surface area contributed by atoms with Crippen molar-refractivity contribution in [2.24, 2.45) is 5.92 Å². The first kappa shape index (κ1) is 35.6. The van der Waals surface area contributed by atoms with Gasteiger partial charge in [-0.3, -0.25) is 15.0 Å². The van der Waals surface area contributed by atoms with Crippen molar-refractivity contribution >= 4 is 52.3 Å². The predicted octanol–water partition coefficient (Wildman–Crippen LogP) is 6.92. The molecule has 3 fully saturated rings. The molecule has 2 N–H and O–H groups in total. The zero-order valence-corrected chi connectivity index (χ0v) is 30.1. The number of nitrogens with zero attached hydrogens (tertiary/aromatic N) is 3. The number of hydrogen-bond acceptors (Lipinski definition) is 9. The van der Waals surface area contributed by atoms with Gasteiger partial charge in [0.05, 0.1) is 33.6 Å². The number of rotatable bonds is 12. The maximum Gasteiger partial charge on any atom is 0.415 e. The molecule has 0 spiro atoms. The SMILES string of the molecule is COc1ccc([C@H](Cc2c(Cl)c[n+](O)cc2Cl)c2cc(CN(C(=O)O[C@H]3CN4CCC3CC4)c3ccccc3OC)sc2C(=O)O)cc1OC. The molecular formula is C36H38Cl2N3O8S+. The number of hydrogen-bond donors (Lipinski definition) is 2. The fourth-order valence-corrected chi connectivity index (χ4v) is 8.53. The molecule has 0 saturated carbocycles. The molecule has 5 heterocycles. The predicted molar refractivity (Wildman–Crippen MR) is 189 cm³/mol. The van der Waals surface area contributed by atoms with E-state index in [9.17, 15) is 19.9 Å². The van der Waals surface area contributed by atoms with Crippen molar-refractivity contribution in [2.75, 3.05) is 45.9 Å². The number of thiophene rings is 1. The molecule has 2 aromatic carbocycles. The minimum Gasteiger partial charge on any atom is -0.495 e. The van der Waals surface area contributed by atoms with Crippen LogP contribution in [-0.2, 0) is 17.7 Å². The largest absolute Gasteiger partial charge is 0.495 e. The number of carbonyl (C=O) groups excluding carboxylic acids is 1. The quantitative estimate of drug-likeness (QED) is 0.118. The van der Waals surface area contributed by atoms with Gasteiger partial charge in [0, 0.05) is 27.6 Å². The van der Waals surface area contributed by atoms with E-state index in [2.05, 4.69) is 4.90 Å². The van der Waals surface area contributed by atoms with Crippen LogP contribution < -0.4 is 23.8 Å². The van der Waals surface area contributed by atoms with Gasteiger partial charge < -0.3 is 24.1 Å².